The molecule has 0 aliphatic carbocycles. The van der Waals surface area contributed by atoms with Crippen LogP contribution in [0.15, 0.2) is 0 Å². The van der Waals surface area contributed by atoms with Crippen LogP contribution in [0.5, 0.6) is 0 Å². The minimum atomic E-state index is 0.0358. The highest BCUT2D eigenvalue weighted by Crippen LogP contribution is 2.03. The van der Waals surface area contributed by atoms with Gasteiger partial charge in [0.25, 0.3) is 0 Å². The van der Waals surface area contributed by atoms with Crippen LogP contribution in [-0.2, 0) is 4.79 Å². The molecule has 15 heavy (non-hydrogen) atoms. The summed E-state index contributed by atoms with van der Waals surface area (Å²) in [5.74, 6) is 0.0909. The summed E-state index contributed by atoms with van der Waals surface area (Å²) in [5, 5.41) is 11.4. The number of nitrogens with zero attached hydrogens (tertiary/aromatic N) is 1. The van der Waals surface area contributed by atoms with Crippen molar-refractivity contribution in [2.45, 2.75) is 64.8 Å². The van der Waals surface area contributed by atoms with Gasteiger partial charge in [-0.05, 0) is 12.8 Å². The summed E-state index contributed by atoms with van der Waals surface area (Å²) in [5.41, 5.74) is 0. The van der Waals surface area contributed by atoms with Gasteiger partial charge in [-0.15, -0.1) is 0 Å². The molecule has 0 radical (unpaired) electrons. The first-order valence-corrected chi connectivity index (χ1v) is 5.90. The fraction of sp³-hybridized carbons (Fsp3) is 0.833. The van der Waals surface area contributed by atoms with E-state index in [2.05, 4.69) is 18.3 Å². The van der Waals surface area contributed by atoms with E-state index in [9.17, 15) is 4.79 Å². The normalized spacial score (nSPS) is 11.8. The van der Waals surface area contributed by atoms with E-state index < -0.39 is 0 Å². The van der Waals surface area contributed by atoms with E-state index in [-0.39, 0.29) is 11.9 Å². The van der Waals surface area contributed by atoms with Gasteiger partial charge in [-0.1, -0.05) is 33.1 Å². The molecule has 0 saturated heterocycles. The second kappa shape index (κ2) is 9.51. The largest absolute Gasteiger partial charge is 0.352 e. The van der Waals surface area contributed by atoms with Crippen molar-refractivity contribution >= 4 is 5.91 Å². The van der Waals surface area contributed by atoms with Crippen LogP contribution in [-0.4, -0.2) is 11.9 Å². The zero-order valence-electron chi connectivity index (χ0n) is 9.88. The average molecular weight is 210 g/mol. The summed E-state index contributed by atoms with van der Waals surface area (Å²) < 4.78 is 0. The number of rotatable bonds is 8. The van der Waals surface area contributed by atoms with Crippen molar-refractivity contribution in [3.05, 3.63) is 0 Å². The third kappa shape index (κ3) is 7.99. The van der Waals surface area contributed by atoms with Crippen molar-refractivity contribution in [3.63, 3.8) is 0 Å². The number of hydrogen-bond acceptors (Lipinski definition) is 2. The highest BCUT2D eigenvalue weighted by atomic mass is 16.1. The van der Waals surface area contributed by atoms with Crippen molar-refractivity contribution in [3.8, 4) is 6.07 Å². The topological polar surface area (TPSA) is 52.9 Å². The van der Waals surface area contributed by atoms with Gasteiger partial charge in [0.15, 0.2) is 0 Å². The van der Waals surface area contributed by atoms with Crippen LogP contribution in [0.4, 0.5) is 0 Å². The Bertz CT molecular complexity index is 208. The highest BCUT2D eigenvalue weighted by Gasteiger charge is 2.08. The van der Waals surface area contributed by atoms with Gasteiger partial charge in [0.05, 0.1) is 12.5 Å². The molecule has 1 atom stereocenters. The fourth-order valence-electron chi connectivity index (χ4n) is 1.42. The molecule has 0 fully saturated rings. The summed E-state index contributed by atoms with van der Waals surface area (Å²) in [6.45, 7) is 4.14. The number of hydrogen-bond donors (Lipinski definition) is 1. The Balaban J connectivity index is 3.58. The summed E-state index contributed by atoms with van der Waals surface area (Å²) in [6, 6.07) is 2.12. The van der Waals surface area contributed by atoms with Crippen molar-refractivity contribution in [2.24, 2.45) is 0 Å². The number of carbonyl (C=O) groups excluding carboxylic acids is 1. The lowest BCUT2D eigenvalue weighted by atomic mass is 10.1. The van der Waals surface area contributed by atoms with E-state index in [1.54, 1.807) is 0 Å². The molecule has 0 bridgehead atoms. The van der Waals surface area contributed by atoms with Gasteiger partial charge in [-0.25, -0.2) is 0 Å². The predicted octanol–water partition coefficient (Wildman–Crippen LogP) is 2.77. The maximum atomic E-state index is 11.4. The molecule has 1 N–H and O–H groups in total. The molecule has 0 saturated carbocycles. The molecule has 0 aliphatic rings. The third-order valence-corrected chi connectivity index (χ3v) is 2.45. The van der Waals surface area contributed by atoms with E-state index in [0.29, 0.717) is 12.8 Å². The van der Waals surface area contributed by atoms with Crippen LogP contribution in [0.25, 0.3) is 0 Å². The Morgan fingerprint density at radius 2 is 2.07 bits per heavy atom. The van der Waals surface area contributed by atoms with Gasteiger partial charge >= 0.3 is 0 Å². The maximum absolute atomic E-state index is 11.4. The standard InChI is InChI=1S/C12H22N2O/c1-3-5-6-7-8-12(15)14-11(4-2)9-10-13/h11H,3-9H2,1-2H3,(H,14,15). The minimum Gasteiger partial charge on any atom is -0.352 e. The molecule has 0 aromatic rings. The lowest BCUT2D eigenvalue weighted by molar-refractivity contribution is -0.121. The fourth-order valence-corrected chi connectivity index (χ4v) is 1.42. The third-order valence-electron chi connectivity index (χ3n) is 2.45. The molecule has 3 nitrogen and oxygen atoms in total. The van der Waals surface area contributed by atoms with Crippen LogP contribution < -0.4 is 5.32 Å². The molecule has 0 aromatic carbocycles. The highest BCUT2D eigenvalue weighted by molar-refractivity contribution is 5.76. The lowest BCUT2D eigenvalue weighted by Crippen LogP contribution is -2.33. The zero-order valence-corrected chi connectivity index (χ0v) is 9.88. The predicted molar refractivity (Wildman–Crippen MR) is 61.2 cm³/mol. The van der Waals surface area contributed by atoms with Crippen LogP contribution >= 0.6 is 0 Å². The average Bonchev–Trinajstić information content (AvgIpc) is 2.24. The smallest absolute Gasteiger partial charge is 0.220 e. The maximum Gasteiger partial charge on any atom is 0.220 e. The molecule has 86 valence electrons. The molecular weight excluding hydrogens is 188 g/mol. The Morgan fingerprint density at radius 1 is 1.33 bits per heavy atom. The summed E-state index contributed by atoms with van der Waals surface area (Å²) in [7, 11) is 0. The first kappa shape index (κ1) is 14.0. The first-order valence-electron chi connectivity index (χ1n) is 5.90. The molecule has 0 heterocycles. The molecule has 3 heteroatoms. The molecular formula is C12H22N2O. The van der Waals surface area contributed by atoms with Gasteiger partial charge in [0.1, 0.15) is 0 Å². The van der Waals surface area contributed by atoms with Crippen molar-refractivity contribution < 1.29 is 4.79 Å². The first-order chi connectivity index (χ1) is 7.24. The minimum absolute atomic E-state index is 0.0358. The lowest BCUT2D eigenvalue weighted by Gasteiger charge is -2.13. The summed E-state index contributed by atoms with van der Waals surface area (Å²) >= 11 is 0. The molecule has 0 rings (SSSR count). The van der Waals surface area contributed by atoms with Gasteiger partial charge in [-0.2, -0.15) is 5.26 Å². The number of nitrogens with one attached hydrogen (secondary N) is 1. The number of nitriles is 1. The second-order valence-electron chi connectivity index (χ2n) is 3.85. The van der Waals surface area contributed by atoms with Gasteiger partial charge in [-0.3, -0.25) is 4.79 Å². The molecule has 1 unspecified atom stereocenters. The molecule has 0 aliphatic heterocycles. The van der Waals surface area contributed by atoms with E-state index in [1.165, 1.54) is 12.8 Å². The Kier molecular flexibility index (Phi) is 8.85. The summed E-state index contributed by atoms with van der Waals surface area (Å²) in [4.78, 5) is 11.4. The van der Waals surface area contributed by atoms with E-state index in [0.717, 1.165) is 19.3 Å². The molecule has 0 aromatic heterocycles. The Labute approximate surface area is 92.9 Å². The Hall–Kier alpha value is -1.04. The number of carbonyl (C=O) groups is 1. The van der Waals surface area contributed by atoms with Crippen LogP contribution in [0.1, 0.15) is 58.8 Å². The van der Waals surface area contributed by atoms with Crippen LogP contribution in [0, 0.1) is 11.3 Å². The van der Waals surface area contributed by atoms with Crippen molar-refractivity contribution in [2.75, 3.05) is 0 Å². The van der Waals surface area contributed by atoms with Crippen LogP contribution in [0.3, 0.4) is 0 Å². The van der Waals surface area contributed by atoms with Gasteiger partial charge in [0, 0.05) is 12.5 Å². The SMILES string of the molecule is CCCCCCC(=O)NC(CC)CC#N. The van der Waals surface area contributed by atoms with Crippen molar-refractivity contribution in [1.29, 1.82) is 5.26 Å². The monoisotopic (exact) mass is 210 g/mol. The van der Waals surface area contributed by atoms with Crippen LogP contribution in [0.2, 0.25) is 0 Å². The van der Waals surface area contributed by atoms with E-state index >= 15 is 0 Å². The van der Waals surface area contributed by atoms with E-state index in [4.69, 9.17) is 5.26 Å². The molecule has 1 amide bonds. The van der Waals surface area contributed by atoms with E-state index in [1.807, 2.05) is 6.92 Å². The van der Waals surface area contributed by atoms with Gasteiger partial charge < -0.3 is 5.32 Å². The van der Waals surface area contributed by atoms with Gasteiger partial charge in [0.2, 0.25) is 5.91 Å². The Morgan fingerprint density at radius 3 is 2.60 bits per heavy atom. The zero-order chi connectivity index (χ0) is 11.5. The number of unbranched alkanes of at least 4 members (excludes halogenated alkanes) is 3. The van der Waals surface area contributed by atoms with Crippen molar-refractivity contribution in [1.82, 2.24) is 5.32 Å². The number of amides is 1. The quantitative estimate of drug-likeness (QED) is 0.626. The second-order valence-corrected chi connectivity index (χ2v) is 3.85. The molecule has 0 spiro atoms. The summed E-state index contributed by atoms with van der Waals surface area (Å²) in [6.07, 6.45) is 6.31.